The molecule has 1 amide bonds. The largest absolute Gasteiger partial charge is 0.452 e. The zero-order chi connectivity index (χ0) is 12.3. The fraction of sp³-hybridized carbons (Fsp3) is 0.583. The van der Waals surface area contributed by atoms with Gasteiger partial charge in [-0.05, 0) is 44.1 Å². The summed E-state index contributed by atoms with van der Waals surface area (Å²) in [5, 5.41) is 3.05. The van der Waals surface area contributed by atoms with E-state index < -0.39 is 0 Å². The maximum atomic E-state index is 11.8. The van der Waals surface area contributed by atoms with Crippen molar-refractivity contribution in [2.45, 2.75) is 25.3 Å². The second-order valence-corrected chi connectivity index (χ2v) is 4.79. The maximum Gasteiger partial charge on any atom is 0.256 e. The van der Waals surface area contributed by atoms with E-state index in [-0.39, 0.29) is 11.1 Å². The normalized spacial score (nSPS) is 21.4. The summed E-state index contributed by atoms with van der Waals surface area (Å²) in [7, 11) is 2.10. The van der Waals surface area contributed by atoms with Crippen LogP contribution in [0.4, 0.5) is 0 Å². The van der Waals surface area contributed by atoms with Crippen molar-refractivity contribution in [1.82, 2.24) is 10.2 Å². The molecule has 1 N–H and O–H groups in total. The SMILES string of the molecule is CN1CCCCC1CNC(=O)c1ccoc1Cl. The van der Waals surface area contributed by atoms with E-state index in [1.165, 1.54) is 19.1 Å². The van der Waals surface area contributed by atoms with Gasteiger partial charge in [0.25, 0.3) is 5.91 Å². The molecule has 1 unspecified atom stereocenters. The first-order valence-electron chi connectivity index (χ1n) is 5.90. The molecular formula is C12H17ClN2O2. The number of carbonyl (C=O) groups is 1. The molecule has 0 bridgehead atoms. The van der Waals surface area contributed by atoms with Crippen LogP contribution in [0.5, 0.6) is 0 Å². The van der Waals surface area contributed by atoms with Crippen molar-refractivity contribution < 1.29 is 9.21 Å². The van der Waals surface area contributed by atoms with Crippen LogP contribution in [0.25, 0.3) is 0 Å². The molecular weight excluding hydrogens is 240 g/mol. The number of amides is 1. The first-order valence-corrected chi connectivity index (χ1v) is 6.27. The van der Waals surface area contributed by atoms with E-state index in [2.05, 4.69) is 17.3 Å². The molecule has 1 aliphatic rings. The minimum Gasteiger partial charge on any atom is -0.452 e. The Bertz CT molecular complexity index is 392. The van der Waals surface area contributed by atoms with E-state index in [9.17, 15) is 4.79 Å². The summed E-state index contributed by atoms with van der Waals surface area (Å²) in [4.78, 5) is 14.1. The summed E-state index contributed by atoms with van der Waals surface area (Å²) in [5.41, 5.74) is 0.408. The van der Waals surface area contributed by atoms with Crippen molar-refractivity contribution in [2.24, 2.45) is 0 Å². The van der Waals surface area contributed by atoms with Gasteiger partial charge >= 0.3 is 0 Å². The Balaban J connectivity index is 1.86. The zero-order valence-corrected chi connectivity index (χ0v) is 10.7. The highest BCUT2D eigenvalue weighted by molar-refractivity contribution is 6.32. The van der Waals surface area contributed by atoms with Gasteiger partial charge in [-0.25, -0.2) is 0 Å². The summed E-state index contributed by atoms with van der Waals surface area (Å²) < 4.78 is 4.89. The molecule has 5 heteroatoms. The van der Waals surface area contributed by atoms with Crippen molar-refractivity contribution in [3.63, 3.8) is 0 Å². The number of halogens is 1. The number of hydrogen-bond acceptors (Lipinski definition) is 3. The molecule has 4 nitrogen and oxygen atoms in total. The highest BCUT2D eigenvalue weighted by Crippen LogP contribution is 2.17. The van der Waals surface area contributed by atoms with Crippen LogP contribution in [0.2, 0.25) is 5.22 Å². The van der Waals surface area contributed by atoms with Gasteiger partial charge in [-0.1, -0.05) is 6.42 Å². The molecule has 0 aromatic carbocycles. The number of hydrogen-bond donors (Lipinski definition) is 1. The molecule has 1 aliphatic heterocycles. The number of likely N-dealkylation sites (N-methyl/N-ethyl adjacent to an activating group) is 1. The Kier molecular flexibility index (Phi) is 4.07. The predicted molar refractivity (Wildman–Crippen MR) is 66.3 cm³/mol. The van der Waals surface area contributed by atoms with Crippen molar-refractivity contribution in [3.05, 3.63) is 23.1 Å². The van der Waals surface area contributed by atoms with Crippen LogP contribution in [0, 0.1) is 0 Å². The third-order valence-corrected chi connectivity index (χ3v) is 3.58. The minimum absolute atomic E-state index is 0.152. The Morgan fingerprint density at radius 1 is 1.65 bits per heavy atom. The molecule has 1 saturated heterocycles. The third-order valence-electron chi connectivity index (χ3n) is 3.28. The van der Waals surface area contributed by atoms with E-state index >= 15 is 0 Å². The number of nitrogens with zero attached hydrogens (tertiary/aromatic N) is 1. The lowest BCUT2D eigenvalue weighted by Crippen LogP contribution is -2.44. The molecule has 0 spiro atoms. The number of likely N-dealkylation sites (tertiary alicyclic amines) is 1. The number of piperidine rings is 1. The first kappa shape index (κ1) is 12.5. The Morgan fingerprint density at radius 2 is 2.47 bits per heavy atom. The predicted octanol–water partition coefficient (Wildman–Crippen LogP) is 2.15. The van der Waals surface area contributed by atoms with Crippen LogP contribution in [0.1, 0.15) is 29.6 Å². The molecule has 2 heterocycles. The van der Waals surface area contributed by atoms with Gasteiger partial charge in [-0.2, -0.15) is 0 Å². The molecule has 1 fully saturated rings. The van der Waals surface area contributed by atoms with E-state index in [1.54, 1.807) is 6.07 Å². The lowest BCUT2D eigenvalue weighted by atomic mass is 10.0. The summed E-state index contributed by atoms with van der Waals surface area (Å²) >= 11 is 5.75. The van der Waals surface area contributed by atoms with Crippen LogP contribution in [-0.4, -0.2) is 37.0 Å². The van der Waals surface area contributed by atoms with Crippen molar-refractivity contribution in [1.29, 1.82) is 0 Å². The zero-order valence-electron chi connectivity index (χ0n) is 9.91. The van der Waals surface area contributed by atoms with E-state index in [0.717, 1.165) is 13.0 Å². The van der Waals surface area contributed by atoms with Gasteiger partial charge < -0.3 is 14.6 Å². The number of nitrogens with one attached hydrogen (secondary N) is 1. The minimum atomic E-state index is -0.164. The van der Waals surface area contributed by atoms with Crippen molar-refractivity contribution in [2.75, 3.05) is 20.1 Å². The summed E-state index contributed by atoms with van der Waals surface area (Å²) in [5.74, 6) is -0.164. The van der Waals surface area contributed by atoms with E-state index in [1.807, 2.05) is 0 Å². The number of rotatable bonds is 3. The van der Waals surface area contributed by atoms with Crippen LogP contribution in [-0.2, 0) is 0 Å². The quantitative estimate of drug-likeness (QED) is 0.901. The van der Waals surface area contributed by atoms with Crippen molar-refractivity contribution >= 4 is 17.5 Å². The fourth-order valence-electron chi connectivity index (χ4n) is 2.16. The molecule has 0 radical (unpaired) electrons. The van der Waals surface area contributed by atoms with Gasteiger partial charge in [0.2, 0.25) is 5.22 Å². The van der Waals surface area contributed by atoms with Crippen molar-refractivity contribution in [3.8, 4) is 0 Å². The summed E-state index contributed by atoms with van der Waals surface area (Å²) in [6.45, 7) is 1.77. The Hall–Kier alpha value is -1.00. The smallest absolute Gasteiger partial charge is 0.256 e. The topological polar surface area (TPSA) is 45.5 Å². The standard InChI is InChI=1S/C12H17ClN2O2/c1-15-6-3-2-4-9(15)8-14-12(16)10-5-7-17-11(10)13/h5,7,9H,2-4,6,8H2,1H3,(H,14,16). The van der Waals surface area contributed by atoms with Gasteiger partial charge in [0.15, 0.2) is 0 Å². The number of furan rings is 1. The average Bonchev–Trinajstić information content (AvgIpc) is 2.74. The van der Waals surface area contributed by atoms with Crippen LogP contribution < -0.4 is 5.32 Å². The molecule has 2 rings (SSSR count). The van der Waals surface area contributed by atoms with Gasteiger partial charge in [0.1, 0.15) is 0 Å². The highest BCUT2D eigenvalue weighted by atomic mass is 35.5. The summed E-state index contributed by atoms with van der Waals surface area (Å²) in [6.07, 6.45) is 5.03. The van der Waals surface area contributed by atoms with Gasteiger partial charge in [-0.15, -0.1) is 0 Å². The first-order chi connectivity index (χ1) is 8.18. The van der Waals surface area contributed by atoms with Crippen LogP contribution >= 0.6 is 11.6 Å². The maximum absolute atomic E-state index is 11.8. The monoisotopic (exact) mass is 256 g/mol. The summed E-state index contributed by atoms with van der Waals surface area (Å²) in [6, 6.07) is 2.01. The molecule has 94 valence electrons. The number of carbonyl (C=O) groups excluding carboxylic acids is 1. The third kappa shape index (κ3) is 3.01. The molecule has 17 heavy (non-hydrogen) atoms. The molecule has 1 atom stereocenters. The lowest BCUT2D eigenvalue weighted by Gasteiger charge is -2.32. The molecule has 1 aromatic rings. The second-order valence-electron chi connectivity index (χ2n) is 4.45. The average molecular weight is 257 g/mol. The highest BCUT2D eigenvalue weighted by Gasteiger charge is 2.20. The Morgan fingerprint density at radius 3 is 3.12 bits per heavy atom. The van der Waals surface area contributed by atoms with Crippen LogP contribution in [0.3, 0.4) is 0 Å². The molecule has 0 saturated carbocycles. The fourth-order valence-corrected chi connectivity index (χ4v) is 2.36. The van der Waals surface area contributed by atoms with Crippen LogP contribution in [0.15, 0.2) is 16.7 Å². The second kappa shape index (κ2) is 5.56. The van der Waals surface area contributed by atoms with Gasteiger partial charge in [-0.3, -0.25) is 4.79 Å². The Labute approximate surface area is 106 Å². The van der Waals surface area contributed by atoms with E-state index in [4.69, 9.17) is 16.0 Å². The molecule has 0 aliphatic carbocycles. The lowest BCUT2D eigenvalue weighted by molar-refractivity contribution is 0.0928. The van der Waals surface area contributed by atoms with E-state index in [0.29, 0.717) is 18.2 Å². The molecule has 1 aromatic heterocycles. The van der Waals surface area contributed by atoms with Gasteiger partial charge in [0.05, 0.1) is 11.8 Å². The van der Waals surface area contributed by atoms with Gasteiger partial charge in [0, 0.05) is 12.6 Å².